The number of carbonyl (C=O) groups is 1. The average Bonchev–Trinajstić information content (AvgIpc) is 2.57. The van der Waals surface area contributed by atoms with Crippen LogP contribution in [0.15, 0.2) is 60.3 Å². The predicted molar refractivity (Wildman–Crippen MR) is 89.5 cm³/mol. The van der Waals surface area contributed by atoms with Crippen LogP contribution in [0.4, 0.5) is 0 Å². The Morgan fingerprint density at radius 3 is 2.46 bits per heavy atom. The van der Waals surface area contributed by atoms with E-state index in [2.05, 4.69) is 4.98 Å². The van der Waals surface area contributed by atoms with Crippen molar-refractivity contribution in [2.45, 2.75) is 5.92 Å². The number of nitrogens with zero attached hydrogens (tertiary/aromatic N) is 2. The van der Waals surface area contributed by atoms with Crippen molar-refractivity contribution in [1.82, 2.24) is 9.29 Å². The molecule has 1 fully saturated rings. The lowest BCUT2D eigenvalue weighted by atomic mass is 9.87. The van der Waals surface area contributed by atoms with Gasteiger partial charge in [-0.05, 0) is 23.8 Å². The van der Waals surface area contributed by atoms with Gasteiger partial charge in [0.2, 0.25) is 0 Å². The first-order chi connectivity index (χ1) is 11.4. The van der Waals surface area contributed by atoms with Crippen molar-refractivity contribution in [2.75, 3.05) is 13.1 Å². The molecule has 0 radical (unpaired) electrons. The number of hydrogen-bond acceptors (Lipinski definition) is 4. The van der Waals surface area contributed by atoms with Gasteiger partial charge in [0.15, 0.2) is 5.78 Å². The quantitative estimate of drug-likeness (QED) is 0.679. The molecule has 2 aromatic rings. The molecule has 1 aromatic heterocycles. The van der Waals surface area contributed by atoms with Gasteiger partial charge in [-0.15, -0.1) is 0 Å². The topological polar surface area (TPSA) is 87.6 Å². The molecule has 0 spiro atoms. The van der Waals surface area contributed by atoms with E-state index in [0.717, 1.165) is 4.31 Å². The Balaban J connectivity index is 2.02. The van der Waals surface area contributed by atoms with Crippen LogP contribution >= 0.6 is 0 Å². The molecule has 1 N–H and O–H groups in total. The zero-order chi connectivity index (χ0) is 17.2. The number of pyridine rings is 1. The van der Waals surface area contributed by atoms with Crippen LogP contribution in [0.3, 0.4) is 0 Å². The third kappa shape index (κ3) is 3.59. The van der Waals surface area contributed by atoms with Gasteiger partial charge in [0.25, 0.3) is 0 Å². The minimum Gasteiger partial charge on any atom is -0.294 e. The third-order valence-corrected chi connectivity index (χ3v) is 4.83. The first-order valence-corrected chi connectivity index (χ1v) is 8.78. The van der Waals surface area contributed by atoms with E-state index in [-0.39, 0.29) is 18.9 Å². The second-order valence-electron chi connectivity index (χ2n) is 5.52. The molecule has 3 rings (SSSR count). The number of carbonyl (C=O) groups excluding carboxylic acids is 1. The van der Waals surface area contributed by atoms with E-state index >= 15 is 0 Å². The van der Waals surface area contributed by atoms with Gasteiger partial charge in [0.05, 0.1) is 11.6 Å². The lowest BCUT2D eigenvalue weighted by Crippen LogP contribution is -2.44. The minimum atomic E-state index is -4.40. The maximum absolute atomic E-state index is 12.8. The predicted octanol–water partition coefficient (Wildman–Crippen LogP) is 1.94. The number of piperidine rings is 1. The summed E-state index contributed by atoms with van der Waals surface area (Å²) in [6.45, 7) is -0.251. The molecule has 24 heavy (non-hydrogen) atoms. The molecule has 2 heterocycles. The highest BCUT2D eigenvalue weighted by Gasteiger charge is 2.36. The lowest BCUT2D eigenvalue weighted by molar-refractivity contribution is -0.118. The average molecular weight is 344 g/mol. The molecule has 6 nitrogen and oxygen atoms in total. The molecular formula is C17H16N2O4S. The summed E-state index contributed by atoms with van der Waals surface area (Å²) in [5.41, 5.74) is 1.57. The summed E-state index contributed by atoms with van der Waals surface area (Å²) in [6.07, 6.45) is 3.16. The Labute approximate surface area is 140 Å². The molecule has 1 unspecified atom stereocenters. The number of ketones is 1. The van der Waals surface area contributed by atoms with Crippen LogP contribution in [-0.2, 0) is 15.1 Å². The van der Waals surface area contributed by atoms with Gasteiger partial charge in [-0.2, -0.15) is 12.7 Å². The third-order valence-electron chi connectivity index (χ3n) is 3.90. The molecule has 0 amide bonds. The number of hydrogen-bond donors (Lipinski definition) is 1. The Hall–Kier alpha value is -2.35. The fourth-order valence-corrected chi connectivity index (χ4v) is 3.36. The molecule has 1 atom stereocenters. The number of rotatable bonds is 3. The van der Waals surface area contributed by atoms with E-state index in [4.69, 9.17) is 0 Å². The molecule has 0 saturated carbocycles. The Morgan fingerprint density at radius 1 is 1.12 bits per heavy atom. The van der Waals surface area contributed by atoms with Crippen molar-refractivity contribution >= 4 is 22.2 Å². The van der Waals surface area contributed by atoms with Crippen molar-refractivity contribution in [2.24, 2.45) is 0 Å². The summed E-state index contributed by atoms with van der Waals surface area (Å²) in [5.74, 6) is -0.816. The Morgan fingerprint density at radius 2 is 1.83 bits per heavy atom. The van der Waals surface area contributed by atoms with E-state index in [9.17, 15) is 17.8 Å². The maximum atomic E-state index is 12.8. The molecule has 124 valence electrons. The van der Waals surface area contributed by atoms with Crippen LogP contribution in [0, 0.1) is 0 Å². The lowest BCUT2D eigenvalue weighted by Gasteiger charge is -2.31. The summed E-state index contributed by atoms with van der Waals surface area (Å²) in [4.78, 5) is 16.9. The van der Waals surface area contributed by atoms with Gasteiger partial charge in [0, 0.05) is 24.9 Å². The van der Waals surface area contributed by atoms with Crippen molar-refractivity contribution in [1.29, 1.82) is 0 Å². The highest BCUT2D eigenvalue weighted by molar-refractivity contribution is 7.83. The van der Waals surface area contributed by atoms with E-state index in [1.807, 2.05) is 6.07 Å². The number of Topliss-reactive ketones (excluding diaryl/α,β-unsaturated/α-hetero) is 1. The van der Waals surface area contributed by atoms with Crippen molar-refractivity contribution in [3.05, 3.63) is 71.6 Å². The van der Waals surface area contributed by atoms with Gasteiger partial charge in [-0.3, -0.25) is 14.3 Å². The second kappa shape index (κ2) is 6.64. The molecular weight excluding hydrogens is 328 g/mol. The van der Waals surface area contributed by atoms with Crippen molar-refractivity contribution < 1.29 is 17.8 Å². The van der Waals surface area contributed by atoms with Crippen LogP contribution in [0.25, 0.3) is 6.08 Å². The molecule has 1 saturated heterocycles. The van der Waals surface area contributed by atoms with Crippen LogP contribution in [0.2, 0.25) is 0 Å². The Bertz CT molecular complexity index is 864. The van der Waals surface area contributed by atoms with E-state index in [1.54, 1.807) is 54.7 Å². The summed E-state index contributed by atoms with van der Waals surface area (Å²) < 4.78 is 33.5. The smallest absolute Gasteiger partial charge is 0.294 e. The highest BCUT2D eigenvalue weighted by Crippen LogP contribution is 2.29. The first kappa shape index (κ1) is 16.5. The normalized spacial score (nSPS) is 21.1. The van der Waals surface area contributed by atoms with Gasteiger partial charge in [0.1, 0.15) is 0 Å². The monoisotopic (exact) mass is 344 g/mol. The van der Waals surface area contributed by atoms with Gasteiger partial charge < -0.3 is 0 Å². The largest absolute Gasteiger partial charge is 0.336 e. The Kier molecular flexibility index (Phi) is 4.57. The molecule has 0 bridgehead atoms. The van der Waals surface area contributed by atoms with E-state index in [1.165, 1.54) is 0 Å². The first-order valence-electron chi connectivity index (χ1n) is 7.38. The maximum Gasteiger partial charge on any atom is 0.336 e. The van der Waals surface area contributed by atoms with E-state index in [0.29, 0.717) is 16.8 Å². The fourth-order valence-electron chi connectivity index (χ4n) is 2.72. The van der Waals surface area contributed by atoms with E-state index < -0.39 is 16.2 Å². The van der Waals surface area contributed by atoms with Gasteiger partial charge in [-0.25, -0.2) is 0 Å². The van der Waals surface area contributed by atoms with Crippen LogP contribution in [0.5, 0.6) is 0 Å². The van der Waals surface area contributed by atoms with Crippen molar-refractivity contribution in [3.63, 3.8) is 0 Å². The van der Waals surface area contributed by atoms with Gasteiger partial charge >= 0.3 is 10.3 Å². The van der Waals surface area contributed by atoms with Crippen LogP contribution < -0.4 is 0 Å². The second-order valence-corrected chi connectivity index (χ2v) is 6.93. The zero-order valence-corrected chi connectivity index (χ0v) is 13.6. The highest BCUT2D eigenvalue weighted by atomic mass is 32.2. The standard InChI is InChI=1S/C17H16N2O4S/c20-17-14(10-15-8-4-5-9-18-15)11-19(24(21,22)23)12-16(17)13-6-2-1-3-7-13/h1-10,16H,11-12H2,(H,21,22,23). The molecule has 1 aromatic carbocycles. The number of aromatic nitrogens is 1. The summed E-state index contributed by atoms with van der Waals surface area (Å²) >= 11 is 0. The summed E-state index contributed by atoms with van der Waals surface area (Å²) in [5, 5.41) is 0. The fraction of sp³-hybridized carbons (Fsp3) is 0.176. The zero-order valence-electron chi connectivity index (χ0n) is 12.7. The minimum absolute atomic E-state index is 0.0821. The number of benzene rings is 1. The van der Waals surface area contributed by atoms with Crippen molar-refractivity contribution in [3.8, 4) is 0 Å². The van der Waals surface area contributed by atoms with Gasteiger partial charge in [-0.1, -0.05) is 36.4 Å². The summed E-state index contributed by atoms with van der Waals surface area (Å²) in [6, 6.07) is 14.2. The molecule has 1 aliphatic heterocycles. The SMILES string of the molecule is O=C1C(=Cc2ccccn2)CN(S(=O)(=O)O)CC1c1ccccc1. The summed E-state index contributed by atoms with van der Waals surface area (Å²) in [7, 11) is -4.40. The van der Waals surface area contributed by atoms with Crippen LogP contribution in [-0.4, -0.2) is 41.1 Å². The molecule has 0 aliphatic carbocycles. The molecule has 1 aliphatic rings. The molecule has 7 heteroatoms. The van der Waals surface area contributed by atoms with Crippen LogP contribution in [0.1, 0.15) is 17.2 Å².